The van der Waals surface area contributed by atoms with Crippen LogP contribution in [0.3, 0.4) is 0 Å². The predicted molar refractivity (Wildman–Crippen MR) is 190 cm³/mol. The van der Waals surface area contributed by atoms with Crippen molar-refractivity contribution >= 4 is 40.7 Å². The molecule has 0 spiro atoms. The van der Waals surface area contributed by atoms with Gasteiger partial charge in [-0.1, -0.05) is 53.0 Å². The lowest BCUT2D eigenvalue weighted by Gasteiger charge is -2.31. The van der Waals surface area contributed by atoms with E-state index in [1.54, 1.807) is 33.4 Å². The molecule has 1 saturated heterocycles. The van der Waals surface area contributed by atoms with Crippen molar-refractivity contribution in [2.75, 3.05) is 33.9 Å². The monoisotopic (exact) mass is 709 g/mol. The van der Waals surface area contributed by atoms with Crippen LogP contribution in [0.4, 0.5) is 0 Å². The summed E-state index contributed by atoms with van der Waals surface area (Å²) in [5.74, 6) is 1.23. The fourth-order valence-electron chi connectivity index (χ4n) is 6.51. The molecular weight excluding hydrogens is 673 g/mol. The van der Waals surface area contributed by atoms with Gasteiger partial charge < -0.3 is 25.2 Å². The van der Waals surface area contributed by atoms with Gasteiger partial charge in [0.25, 0.3) is 0 Å². The molecule has 4 heterocycles. The van der Waals surface area contributed by atoms with E-state index in [2.05, 4.69) is 26.6 Å². The standard InChI is InChI=1S/C36H38Cl3N5O4/c1-20(45)18-44-12-10-21-13-22(14-31(47-2)28(21)19-44)35-34(39)25(9-11-41-35)24-5-4-6-26(33(24)38)30-15-29(37)27(36(43-30)48-3)17-40-16-23-7-8-32(46)42-23/h4-6,9,11,13-15,20,23,40,45H,7-8,10,12,16-19H2,1-3H3,(H,42,46)/t20?,23-/m0/s1. The average molecular weight is 711 g/mol. The highest BCUT2D eigenvalue weighted by atomic mass is 35.5. The third kappa shape index (κ3) is 7.27. The van der Waals surface area contributed by atoms with E-state index in [9.17, 15) is 9.90 Å². The lowest BCUT2D eigenvalue weighted by Crippen LogP contribution is -2.35. The average Bonchev–Trinajstić information content (AvgIpc) is 3.49. The van der Waals surface area contributed by atoms with Gasteiger partial charge in [0.1, 0.15) is 5.75 Å². The number of methoxy groups -OCH3 is 2. The van der Waals surface area contributed by atoms with E-state index in [1.165, 1.54) is 5.56 Å². The second kappa shape index (κ2) is 15.0. The summed E-state index contributed by atoms with van der Waals surface area (Å²) < 4.78 is 11.5. The quantitative estimate of drug-likeness (QED) is 0.161. The number of aliphatic hydroxyl groups is 1. The summed E-state index contributed by atoms with van der Waals surface area (Å²) in [5, 5.41) is 17.6. The minimum atomic E-state index is -0.400. The van der Waals surface area contributed by atoms with Crippen LogP contribution in [0.2, 0.25) is 15.1 Å². The number of carbonyl (C=O) groups excluding carboxylic acids is 1. The van der Waals surface area contributed by atoms with Crippen molar-refractivity contribution in [3.63, 3.8) is 0 Å². The summed E-state index contributed by atoms with van der Waals surface area (Å²) in [6.45, 7) is 5.01. The number of benzene rings is 2. The number of nitrogens with one attached hydrogen (secondary N) is 2. The highest BCUT2D eigenvalue weighted by molar-refractivity contribution is 6.39. The molecule has 2 aromatic heterocycles. The van der Waals surface area contributed by atoms with Crippen molar-refractivity contribution < 1.29 is 19.4 Å². The zero-order valence-corrected chi connectivity index (χ0v) is 29.3. The molecule has 6 rings (SSSR count). The molecule has 0 radical (unpaired) electrons. The van der Waals surface area contributed by atoms with Gasteiger partial charge in [0.15, 0.2) is 0 Å². The molecule has 48 heavy (non-hydrogen) atoms. The van der Waals surface area contributed by atoms with Crippen LogP contribution in [-0.2, 0) is 24.3 Å². The molecule has 2 atom stereocenters. The summed E-state index contributed by atoms with van der Waals surface area (Å²) in [6.07, 6.45) is 3.50. The molecule has 3 N–H and O–H groups in total. The molecule has 0 bridgehead atoms. The number of β-amino-alcohol motifs (C(OH)–C–C–N with tert-alkyl or cyclic N) is 1. The van der Waals surface area contributed by atoms with E-state index in [4.69, 9.17) is 49.3 Å². The largest absolute Gasteiger partial charge is 0.496 e. The third-order valence-electron chi connectivity index (χ3n) is 8.85. The van der Waals surface area contributed by atoms with Crippen LogP contribution < -0.4 is 20.1 Å². The predicted octanol–water partition coefficient (Wildman–Crippen LogP) is 6.56. The third-order valence-corrected chi connectivity index (χ3v) is 9.98. The molecular formula is C36H38Cl3N5O4. The van der Waals surface area contributed by atoms with Crippen LogP contribution in [-0.4, -0.2) is 71.9 Å². The minimum Gasteiger partial charge on any atom is -0.496 e. The molecule has 12 heteroatoms. The smallest absolute Gasteiger partial charge is 0.220 e. The highest BCUT2D eigenvalue weighted by Gasteiger charge is 2.25. The molecule has 1 fully saturated rings. The van der Waals surface area contributed by atoms with Gasteiger partial charge in [-0.2, -0.15) is 0 Å². The number of hydrogen-bond acceptors (Lipinski definition) is 8. The topological polar surface area (TPSA) is 109 Å². The number of fused-ring (bicyclic) bond motifs is 1. The summed E-state index contributed by atoms with van der Waals surface area (Å²) >= 11 is 21.0. The maximum Gasteiger partial charge on any atom is 0.220 e. The van der Waals surface area contributed by atoms with E-state index in [-0.39, 0.29) is 11.9 Å². The molecule has 0 aliphatic carbocycles. The van der Waals surface area contributed by atoms with Crippen molar-refractivity contribution in [3.05, 3.63) is 80.4 Å². The minimum absolute atomic E-state index is 0.0763. The zero-order valence-electron chi connectivity index (χ0n) is 27.1. The van der Waals surface area contributed by atoms with Crippen LogP contribution in [0.15, 0.2) is 48.7 Å². The normalized spacial score (nSPS) is 16.8. The Balaban J connectivity index is 1.29. The first-order valence-corrected chi connectivity index (χ1v) is 17.1. The molecule has 0 saturated carbocycles. The summed E-state index contributed by atoms with van der Waals surface area (Å²) in [7, 11) is 3.22. The Bertz CT molecular complexity index is 1820. The lowest BCUT2D eigenvalue weighted by atomic mass is 9.93. The Morgan fingerprint density at radius 3 is 2.58 bits per heavy atom. The van der Waals surface area contributed by atoms with Crippen LogP contribution in [0, 0.1) is 0 Å². The molecule has 2 aliphatic rings. The van der Waals surface area contributed by atoms with Gasteiger partial charge in [-0.25, -0.2) is 4.98 Å². The second-order valence-corrected chi connectivity index (χ2v) is 13.4. The fourth-order valence-corrected chi connectivity index (χ4v) is 7.41. The van der Waals surface area contributed by atoms with Crippen molar-refractivity contribution in [1.82, 2.24) is 25.5 Å². The van der Waals surface area contributed by atoms with E-state index in [1.807, 2.05) is 30.3 Å². The summed E-state index contributed by atoms with van der Waals surface area (Å²) in [6, 6.07) is 13.5. The number of carbonyl (C=O) groups is 1. The highest BCUT2D eigenvalue weighted by Crippen LogP contribution is 2.43. The van der Waals surface area contributed by atoms with Crippen LogP contribution in [0.5, 0.6) is 11.6 Å². The molecule has 2 aromatic carbocycles. The Hall–Kier alpha value is -3.44. The molecule has 1 unspecified atom stereocenters. The Morgan fingerprint density at radius 2 is 1.85 bits per heavy atom. The fraction of sp³-hybridized carbons (Fsp3) is 0.361. The summed E-state index contributed by atoms with van der Waals surface area (Å²) in [5.41, 5.74) is 7.18. The van der Waals surface area contributed by atoms with E-state index < -0.39 is 6.10 Å². The van der Waals surface area contributed by atoms with Gasteiger partial charge >= 0.3 is 0 Å². The van der Waals surface area contributed by atoms with Gasteiger partial charge in [0.05, 0.1) is 46.8 Å². The molecule has 1 amide bonds. The van der Waals surface area contributed by atoms with Crippen LogP contribution in [0.1, 0.15) is 36.5 Å². The van der Waals surface area contributed by atoms with Gasteiger partial charge in [-0.15, -0.1) is 0 Å². The van der Waals surface area contributed by atoms with E-state index >= 15 is 0 Å². The number of pyridine rings is 2. The first kappa shape index (κ1) is 34.4. The molecule has 252 valence electrons. The number of amides is 1. The summed E-state index contributed by atoms with van der Waals surface area (Å²) in [4.78, 5) is 23.2. The Labute approximate surface area is 295 Å². The second-order valence-electron chi connectivity index (χ2n) is 12.2. The number of halogens is 3. The molecule has 9 nitrogen and oxygen atoms in total. The number of aromatic nitrogens is 2. The maximum atomic E-state index is 11.5. The number of hydrogen-bond donors (Lipinski definition) is 3. The van der Waals surface area contributed by atoms with Gasteiger partial charge in [-0.05, 0) is 49.6 Å². The SMILES string of the molecule is COc1cc(-c2nccc(-c3cccc(-c4cc(Cl)c(CNC[C@@H]5CCC(=O)N5)c(OC)n4)c3Cl)c2Cl)cc2c1CN(CC(C)O)CC2. The van der Waals surface area contributed by atoms with Crippen molar-refractivity contribution in [3.8, 4) is 45.3 Å². The number of ether oxygens (including phenoxy) is 2. The van der Waals surface area contributed by atoms with Crippen LogP contribution in [0.25, 0.3) is 33.6 Å². The van der Waals surface area contributed by atoms with E-state index in [0.29, 0.717) is 70.5 Å². The molecule has 4 aromatic rings. The zero-order chi connectivity index (χ0) is 33.9. The first-order chi connectivity index (χ1) is 23.2. The number of aliphatic hydroxyl groups excluding tert-OH is 1. The maximum absolute atomic E-state index is 11.5. The van der Waals surface area contributed by atoms with Crippen molar-refractivity contribution in [2.24, 2.45) is 0 Å². The van der Waals surface area contributed by atoms with Crippen molar-refractivity contribution in [2.45, 2.75) is 51.4 Å². The van der Waals surface area contributed by atoms with Crippen molar-refractivity contribution in [1.29, 1.82) is 0 Å². The van der Waals surface area contributed by atoms with Gasteiger partial charge in [0, 0.05) is 84.8 Å². The number of nitrogens with zero attached hydrogens (tertiary/aromatic N) is 3. The van der Waals surface area contributed by atoms with E-state index in [0.717, 1.165) is 53.0 Å². The molecule has 2 aliphatic heterocycles. The van der Waals surface area contributed by atoms with Crippen LogP contribution >= 0.6 is 34.8 Å². The Morgan fingerprint density at radius 1 is 1.06 bits per heavy atom. The lowest BCUT2D eigenvalue weighted by molar-refractivity contribution is -0.119. The number of rotatable bonds is 11. The Kier molecular flexibility index (Phi) is 10.7. The first-order valence-electron chi connectivity index (χ1n) is 15.9. The van der Waals surface area contributed by atoms with Gasteiger partial charge in [-0.3, -0.25) is 14.7 Å². The van der Waals surface area contributed by atoms with Gasteiger partial charge in [0.2, 0.25) is 11.8 Å².